The molecule has 0 spiro atoms. The fourth-order valence-corrected chi connectivity index (χ4v) is 4.23. The Labute approximate surface area is 184 Å². The summed E-state index contributed by atoms with van der Waals surface area (Å²) >= 11 is 6.00. The topological polar surface area (TPSA) is 43.5 Å². The second-order valence-electron chi connectivity index (χ2n) is 7.55. The van der Waals surface area contributed by atoms with Crippen LogP contribution in [-0.4, -0.2) is 20.5 Å². The fourth-order valence-electron chi connectivity index (χ4n) is 4.11. The molecule has 0 unspecified atom stereocenters. The van der Waals surface area contributed by atoms with Crippen LogP contribution in [0.15, 0.2) is 84.9 Å². The van der Waals surface area contributed by atoms with Crippen molar-refractivity contribution in [2.24, 2.45) is 0 Å². The minimum Gasteiger partial charge on any atom is -0.321 e. The maximum Gasteiger partial charge on any atom is 0.209 e. The Bertz CT molecular complexity index is 1440. The van der Waals surface area contributed by atoms with Crippen LogP contribution in [0, 0.1) is 0 Å². The van der Waals surface area contributed by atoms with E-state index in [2.05, 4.69) is 16.7 Å². The Morgan fingerprint density at radius 2 is 1.48 bits per heavy atom. The molecule has 2 aromatic heterocycles. The van der Waals surface area contributed by atoms with E-state index in [0.717, 1.165) is 22.2 Å². The lowest BCUT2D eigenvalue weighted by molar-refractivity contribution is 0.101. The summed E-state index contributed by atoms with van der Waals surface area (Å²) in [5, 5.41) is 0.570. The van der Waals surface area contributed by atoms with Crippen LogP contribution in [0.5, 0.6) is 0 Å². The van der Waals surface area contributed by atoms with Crippen LogP contribution in [0.4, 0.5) is 0 Å². The summed E-state index contributed by atoms with van der Waals surface area (Å²) in [7, 11) is 0. The van der Waals surface area contributed by atoms with E-state index in [0.29, 0.717) is 28.4 Å². The molecule has 5 rings (SSSR count). The molecule has 0 saturated carbocycles. The van der Waals surface area contributed by atoms with Gasteiger partial charge in [-0.05, 0) is 55.0 Å². The van der Waals surface area contributed by atoms with Crippen molar-refractivity contribution in [1.82, 2.24) is 8.97 Å². The van der Waals surface area contributed by atoms with Gasteiger partial charge in [0.05, 0.1) is 22.3 Å². The molecule has 5 aromatic rings. The van der Waals surface area contributed by atoms with Gasteiger partial charge in [-0.25, -0.2) is 0 Å². The number of nitrogens with zero attached hydrogens (tertiary/aromatic N) is 2. The van der Waals surface area contributed by atoms with Crippen molar-refractivity contribution in [1.29, 1.82) is 0 Å². The Hall–Kier alpha value is -3.63. The third-order valence-corrected chi connectivity index (χ3v) is 5.80. The third kappa shape index (κ3) is 3.25. The first-order chi connectivity index (χ1) is 15.0. The molecule has 0 bridgehead atoms. The first-order valence-corrected chi connectivity index (χ1v) is 10.4. The van der Waals surface area contributed by atoms with Crippen LogP contribution < -0.4 is 0 Å². The number of hydrogen-bond donors (Lipinski definition) is 0. The lowest BCUT2D eigenvalue weighted by atomic mass is 10.1. The lowest BCUT2D eigenvalue weighted by Crippen LogP contribution is -2.05. The van der Waals surface area contributed by atoms with Gasteiger partial charge < -0.3 is 4.57 Å². The molecule has 3 aromatic carbocycles. The Balaban J connectivity index is 1.81. The Morgan fingerprint density at radius 1 is 0.839 bits per heavy atom. The second-order valence-corrected chi connectivity index (χ2v) is 7.99. The quantitative estimate of drug-likeness (QED) is 0.322. The third-order valence-electron chi connectivity index (χ3n) is 5.55. The largest absolute Gasteiger partial charge is 0.321 e. The van der Waals surface area contributed by atoms with Crippen LogP contribution in [0.25, 0.3) is 16.7 Å². The number of benzene rings is 3. The summed E-state index contributed by atoms with van der Waals surface area (Å²) < 4.78 is 4.02. The predicted molar refractivity (Wildman–Crippen MR) is 123 cm³/mol. The zero-order chi connectivity index (χ0) is 21.5. The van der Waals surface area contributed by atoms with Crippen LogP contribution >= 0.6 is 11.6 Å². The lowest BCUT2D eigenvalue weighted by Gasteiger charge is -2.07. The molecular formula is C26H19ClN2O2. The normalized spacial score (nSPS) is 11.3. The van der Waals surface area contributed by atoms with Gasteiger partial charge in [0.25, 0.3) is 0 Å². The molecule has 31 heavy (non-hydrogen) atoms. The summed E-state index contributed by atoms with van der Waals surface area (Å²) in [5.74, 6) is -0.230. The SMILES string of the molecule is CC(=O)c1cc(C(=O)c2ccc(Cl)cc2)n2c3ccccc3n(Cc3ccccc3)c12. The molecule has 152 valence electrons. The standard InChI is InChI=1S/C26H19ClN2O2/c1-17(30)21-15-24(25(31)19-11-13-20(27)14-12-19)29-23-10-6-5-9-22(23)28(26(21)29)16-18-7-3-2-4-8-18/h2-15H,16H2,1H3. The molecule has 0 fully saturated rings. The Morgan fingerprint density at radius 3 is 2.16 bits per heavy atom. The molecule has 0 N–H and O–H groups in total. The van der Waals surface area contributed by atoms with E-state index in [1.807, 2.05) is 46.9 Å². The van der Waals surface area contributed by atoms with E-state index in [1.54, 1.807) is 30.3 Å². The van der Waals surface area contributed by atoms with E-state index >= 15 is 0 Å². The summed E-state index contributed by atoms with van der Waals surface area (Å²) in [4.78, 5) is 26.0. The van der Waals surface area contributed by atoms with Gasteiger partial charge in [0.15, 0.2) is 5.78 Å². The molecule has 0 saturated heterocycles. The van der Waals surface area contributed by atoms with Gasteiger partial charge in [0.2, 0.25) is 5.78 Å². The molecule has 0 amide bonds. The maximum absolute atomic E-state index is 13.4. The summed E-state index contributed by atoms with van der Waals surface area (Å²) in [6.07, 6.45) is 0. The highest BCUT2D eigenvalue weighted by Crippen LogP contribution is 2.30. The van der Waals surface area contributed by atoms with Crippen molar-refractivity contribution < 1.29 is 9.59 Å². The number of rotatable bonds is 5. The number of aromatic nitrogens is 2. The molecule has 5 heteroatoms. The van der Waals surface area contributed by atoms with Gasteiger partial charge in [-0.1, -0.05) is 54.1 Å². The molecule has 0 atom stereocenters. The molecule has 0 aliphatic rings. The van der Waals surface area contributed by atoms with Gasteiger partial charge >= 0.3 is 0 Å². The highest BCUT2D eigenvalue weighted by atomic mass is 35.5. The summed E-state index contributed by atoms with van der Waals surface area (Å²) in [6.45, 7) is 2.13. The van der Waals surface area contributed by atoms with Crippen molar-refractivity contribution in [3.63, 3.8) is 0 Å². The Kier molecular flexibility index (Phi) is 4.72. The van der Waals surface area contributed by atoms with Crippen molar-refractivity contribution in [3.05, 3.63) is 112 Å². The monoisotopic (exact) mass is 426 g/mol. The number of ketones is 2. The average Bonchev–Trinajstić information content (AvgIpc) is 3.32. The molecule has 2 heterocycles. The summed E-state index contributed by atoms with van der Waals surface area (Å²) in [6, 6.07) is 26.5. The number of Topliss-reactive ketones (excluding diaryl/α,β-unsaturated/α-hetero) is 1. The highest BCUT2D eigenvalue weighted by Gasteiger charge is 2.24. The van der Waals surface area contributed by atoms with Crippen molar-refractivity contribution in [2.45, 2.75) is 13.5 Å². The van der Waals surface area contributed by atoms with Crippen molar-refractivity contribution in [3.8, 4) is 0 Å². The first-order valence-electron chi connectivity index (χ1n) is 10.0. The van der Waals surface area contributed by atoms with Crippen LogP contribution in [0.1, 0.15) is 38.9 Å². The van der Waals surface area contributed by atoms with E-state index in [1.165, 1.54) is 6.92 Å². The number of carbonyl (C=O) groups is 2. The number of para-hydroxylation sites is 2. The van der Waals surface area contributed by atoms with E-state index in [9.17, 15) is 9.59 Å². The maximum atomic E-state index is 13.4. The first kappa shape index (κ1) is 19.3. The molecule has 0 radical (unpaired) electrons. The predicted octanol–water partition coefficient (Wildman–Crippen LogP) is 6.03. The smallest absolute Gasteiger partial charge is 0.209 e. The van der Waals surface area contributed by atoms with E-state index in [-0.39, 0.29) is 11.6 Å². The molecule has 4 nitrogen and oxygen atoms in total. The van der Waals surface area contributed by atoms with Crippen LogP contribution in [0.3, 0.4) is 0 Å². The minimum absolute atomic E-state index is 0.0789. The number of fused-ring (bicyclic) bond motifs is 3. The van der Waals surface area contributed by atoms with Gasteiger partial charge in [0.1, 0.15) is 5.65 Å². The number of halogens is 1. The second kappa shape index (κ2) is 7.56. The van der Waals surface area contributed by atoms with Crippen LogP contribution in [-0.2, 0) is 6.54 Å². The fraction of sp³-hybridized carbons (Fsp3) is 0.0769. The van der Waals surface area contributed by atoms with Gasteiger partial charge in [-0.2, -0.15) is 0 Å². The van der Waals surface area contributed by atoms with Crippen molar-refractivity contribution in [2.75, 3.05) is 0 Å². The molecule has 0 aliphatic heterocycles. The zero-order valence-corrected chi connectivity index (χ0v) is 17.6. The zero-order valence-electron chi connectivity index (χ0n) is 16.9. The molecular weight excluding hydrogens is 408 g/mol. The number of carbonyl (C=O) groups excluding carboxylic acids is 2. The minimum atomic E-state index is -0.151. The number of hydrogen-bond acceptors (Lipinski definition) is 2. The highest BCUT2D eigenvalue weighted by molar-refractivity contribution is 6.30. The molecule has 0 aliphatic carbocycles. The van der Waals surface area contributed by atoms with Crippen LogP contribution in [0.2, 0.25) is 5.02 Å². The summed E-state index contributed by atoms with van der Waals surface area (Å²) in [5.41, 5.74) is 5.23. The number of imidazole rings is 1. The van der Waals surface area contributed by atoms with E-state index < -0.39 is 0 Å². The van der Waals surface area contributed by atoms with E-state index in [4.69, 9.17) is 11.6 Å². The average molecular weight is 427 g/mol. The van der Waals surface area contributed by atoms with Crippen molar-refractivity contribution >= 4 is 39.8 Å². The van der Waals surface area contributed by atoms with Gasteiger partial charge in [-0.3, -0.25) is 14.0 Å². The van der Waals surface area contributed by atoms with Gasteiger partial charge in [0, 0.05) is 17.1 Å². The van der Waals surface area contributed by atoms with Gasteiger partial charge in [-0.15, -0.1) is 0 Å².